The summed E-state index contributed by atoms with van der Waals surface area (Å²) >= 11 is 0. The Kier molecular flexibility index (Phi) is 6.73. The van der Waals surface area contributed by atoms with Gasteiger partial charge in [0.15, 0.2) is 0 Å². The number of carbonyl (C=O) groups excluding carboxylic acids is 1. The van der Waals surface area contributed by atoms with Crippen molar-refractivity contribution in [3.63, 3.8) is 0 Å². The van der Waals surface area contributed by atoms with Gasteiger partial charge in [-0.05, 0) is 37.1 Å². The predicted octanol–water partition coefficient (Wildman–Crippen LogP) is 4.44. The Labute approximate surface area is 197 Å². The zero-order valence-electron chi connectivity index (χ0n) is 18.9. The number of imidazole rings is 1. The number of aliphatic carboxylic acids is 1. The smallest absolute Gasteiger partial charge is 0.337 e. The van der Waals surface area contributed by atoms with Crippen molar-refractivity contribution >= 4 is 23.7 Å². The second-order valence-electron chi connectivity index (χ2n) is 7.74. The Morgan fingerprint density at radius 2 is 1.85 bits per heavy atom. The molecule has 2 heterocycles. The van der Waals surface area contributed by atoms with E-state index in [0.717, 1.165) is 16.8 Å². The number of hydrogen-bond donors (Lipinski definition) is 2. The van der Waals surface area contributed by atoms with Gasteiger partial charge in [0.25, 0.3) is 0 Å². The van der Waals surface area contributed by atoms with Gasteiger partial charge in [-0.3, -0.25) is 0 Å². The molecule has 0 bridgehead atoms. The Hall–Kier alpha value is -4.39. The number of benzene rings is 2. The first-order valence-corrected chi connectivity index (χ1v) is 10.9. The van der Waals surface area contributed by atoms with Crippen molar-refractivity contribution in [1.82, 2.24) is 14.9 Å². The van der Waals surface area contributed by atoms with Crippen molar-refractivity contribution in [3.05, 3.63) is 107 Å². The molecule has 3 aromatic rings. The first-order chi connectivity index (χ1) is 16.5. The van der Waals surface area contributed by atoms with E-state index in [0.29, 0.717) is 11.4 Å². The molecule has 1 aliphatic heterocycles. The van der Waals surface area contributed by atoms with Crippen LogP contribution in [0.25, 0.3) is 17.5 Å². The fourth-order valence-electron chi connectivity index (χ4n) is 3.99. The largest absolute Gasteiger partial charge is 0.478 e. The van der Waals surface area contributed by atoms with Crippen molar-refractivity contribution in [2.75, 3.05) is 6.61 Å². The molecule has 0 fully saturated rings. The summed E-state index contributed by atoms with van der Waals surface area (Å²) in [5, 5.41) is 13.1. The molecular formula is C27H25N3O4. The highest BCUT2D eigenvalue weighted by Crippen LogP contribution is 2.36. The van der Waals surface area contributed by atoms with Gasteiger partial charge in [0, 0.05) is 29.7 Å². The van der Waals surface area contributed by atoms with Gasteiger partial charge in [-0.15, -0.1) is 0 Å². The molecule has 1 aliphatic rings. The molecule has 1 aromatic heterocycles. The van der Waals surface area contributed by atoms with Crippen LogP contribution in [0.4, 0.5) is 0 Å². The maximum absolute atomic E-state index is 13.2. The van der Waals surface area contributed by atoms with E-state index in [1.54, 1.807) is 32.4 Å². The molecule has 0 spiro atoms. The van der Waals surface area contributed by atoms with E-state index in [-0.39, 0.29) is 17.8 Å². The second-order valence-corrected chi connectivity index (χ2v) is 7.74. The standard InChI is InChI=1S/C27H25N3O4/c1-3-34-27(33)24-22(14-9-19-7-5-4-6-8-19)23(26(31)32)18(2)29-25(24)20-10-12-21(13-11-20)30-16-15-28-17-30/h4-17,22,29H,3H2,1-2H3,(H,31,32)/b14-9+. The summed E-state index contributed by atoms with van der Waals surface area (Å²) in [5.74, 6) is -2.44. The Balaban J connectivity index is 1.83. The summed E-state index contributed by atoms with van der Waals surface area (Å²) in [6.07, 6.45) is 8.81. The molecular weight excluding hydrogens is 430 g/mol. The average molecular weight is 456 g/mol. The van der Waals surface area contributed by atoms with E-state index >= 15 is 0 Å². The van der Waals surface area contributed by atoms with E-state index < -0.39 is 17.9 Å². The maximum Gasteiger partial charge on any atom is 0.337 e. The van der Waals surface area contributed by atoms with Crippen LogP contribution in [-0.4, -0.2) is 33.2 Å². The second kappa shape index (κ2) is 10.0. The summed E-state index contributed by atoms with van der Waals surface area (Å²) in [7, 11) is 0. The molecule has 2 N–H and O–H groups in total. The van der Waals surface area contributed by atoms with E-state index in [9.17, 15) is 14.7 Å². The molecule has 4 rings (SSSR count). The van der Waals surface area contributed by atoms with Crippen LogP contribution >= 0.6 is 0 Å². The number of nitrogens with one attached hydrogen (secondary N) is 1. The molecule has 0 amide bonds. The topological polar surface area (TPSA) is 93.5 Å². The Morgan fingerprint density at radius 3 is 2.47 bits per heavy atom. The third-order valence-electron chi connectivity index (χ3n) is 5.57. The van der Waals surface area contributed by atoms with Gasteiger partial charge in [0.2, 0.25) is 0 Å². The molecule has 0 saturated heterocycles. The van der Waals surface area contributed by atoms with Gasteiger partial charge in [-0.25, -0.2) is 14.6 Å². The van der Waals surface area contributed by atoms with Crippen LogP contribution in [0.1, 0.15) is 25.0 Å². The molecule has 1 unspecified atom stereocenters. The van der Waals surface area contributed by atoms with Crippen molar-refractivity contribution in [3.8, 4) is 5.69 Å². The third kappa shape index (κ3) is 4.68. The lowest BCUT2D eigenvalue weighted by Gasteiger charge is -2.29. The number of carboxylic acids is 1. The molecule has 0 radical (unpaired) electrons. The zero-order chi connectivity index (χ0) is 24.1. The summed E-state index contributed by atoms with van der Waals surface area (Å²) < 4.78 is 7.24. The minimum Gasteiger partial charge on any atom is -0.478 e. The molecule has 7 heteroatoms. The van der Waals surface area contributed by atoms with E-state index in [1.165, 1.54) is 0 Å². The van der Waals surface area contributed by atoms with Crippen LogP contribution in [0, 0.1) is 5.92 Å². The first kappa shape index (κ1) is 22.8. The summed E-state index contributed by atoms with van der Waals surface area (Å²) in [5.41, 5.74) is 3.92. The lowest BCUT2D eigenvalue weighted by Crippen LogP contribution is -2.32. The number of rotatable bonds is 7. The van der Waals surface area contributed by atoms with Crippen molar-refractivity contribution in [2.45, 2.75) is 13.8 Å². The van der Waals surface area contributed by atoms with Crippen LogP contribution in [-0.2, 0) is 14.3 Å². The minimum absolute atomic E-state index is 0.106. The predicted molar refractivity (Wildman–Crippen MR) is 130 cm³/mol. The molecule has 34 heavy (non-hydrogen) atoms. The fourth-order valence-corrected chi connectivity index (χ4v) is 3.99. The summed E-state index contributed by atoms with van der Waals surface area (Å²) in [6, 6.07) is 17.1. The lowest BCUT2D eigenvalue weighted by atomic mass is 9.83. The molecule has 7 nitrogen and oxygen atoms in total. The fraction of sp³-hybridized carbons (Fsp3) is 0.148. The van der Waals surface area contributed by atoms with Gasteiger partial charge in [-0.1, -0.05) is 54.6 Å². The Bertz CT molecular complexity index is 1270. The van der Waals surface area contributed by atoms with E-state index in [1.807, 2.05) is 71.4 Å². The number of aromatic nitrogens is 2. The third-order valence-corrected chi connectivity index (χ3v) is 5.57. The van der Waals surface area contributed by atoms with Crippen LogP contribution < -0.4 is 5.32 Å². The van der Waals surface area contributed by atoms with Gasteiger partial charge in [0.05, 0.1) is 29.8 Å². The van der Waals surface area contributed by atoms with Crippen LogP contribution in [0.15, 0.2) is 96.2 Å². The maximum atomic E-state index is 13.2. The number of dihydropyridines is 1. The lowest BCUT2D eigenvalue weighted by molar-refractivity contribution is -0.138. The van der Waals surface area contributed by atoms with Crippen molar-refractivity contribution in [1.29, 1.82) is 0 Å². The number of ether oxygens (including phenoxy) is 1. The molecule has 0 saturated carbocycles. The van der Waals surface area contributed by atoms with Gasteiger partial charge >= 0.3 is 11.9 Å². The highest BCUT2D eigenvalue weighted by Gasteiger charge is 2.36. The van der Waals surface area contributed by atoms with Crippen molar-refractivity contribution < 1.29 is 19.4 Å². The average Bonchev–Trinajstić information content (AvgIpc) is 3.38. The number of esters is 1. The Morgan fingerprint density at radius 1 is 1.12 bits per heavy atom. The number of carboxylic acid groups (broad SMARTS) is 1. The molecule has 2 aromatic carbocycles. The number of hydrogen-bond acceptors (Lipinski definition) is 5. The highest BCUT2D eigenvalue weighted by molar-refractivity contribution is 6.04. The van der Waals surface area contributed by atoms with E-state index in [4.69, 9.17) is 4.74 Å². The van der Waals surface area contributed by atoms with E-state index in [2.05, 4.69) is 10.3 Å². The molecule has 0 aliphatic carbocycles. The van der Waals surface area contributed by atoms with Gasteiger partial charge < -0.3 is 19.7 Å². The zero-order valence-corrected chi connectivity index (χ0v) is 18.9. The van der Waals surface area contributed by atoms with Crippen LogP contribution in [0.2, 0.25) is 0 Å². The van der Waals surface area contributed by atoms with Gasteiger partial charge in [0.1, 0.15) is 0 Å². The molecule has 172 valence electrons. The van der Waals surface area contributed by atoms with Crippen molar-refractivity contribution in [2.24, 2.45) is 5.92 Å². The monoisotopic (exact) mass is 455 g/mol. The number of nitrogens with zero attached hydrogens (tertiary/aromatic N) is 2. The number of carbonyl (C=O) groups is 2. The normalized spacial score (nSPS) is 16.0. The highest BCUT2D eigenvalue weighted by atomic mass is 16.5. The van der Waals surface area contributed by atoms with Crippen LogP contribution in [0.5, 0.6) is 0 Å². The molecule has 1 atom stereocenters. The van der Waals surface area contributed by atoms with Gasteiger partial charge in [-0.2, -0.15) is 0 Å². The first-order valence-electron chi connectivity index (χ1n) is 10.9. The quantitative estimate of drug-likeness (QED) is 0.512. The number of allylic oxidation sites excluding steroid dienone is 2. The summed E-state index contributed by atoms with van der Waals surface area (Å²) in [4.78, 5) is 29.4. The SMILES string of the molecule is CCOC(=O)C1=C(c2ccc(-n3ccnc3)cc2)NC(C)=C(C(=O)O)C1/C=C/c1ccccc1. The van der Waals surface area contributed by atoms with Crippen LogP contribution in [0.3, 0.4) is 0 Å². The minimum atomic E-state index is -1.09. The summed E-state index contributed by atoms with van der Waals surface area (Å²) in [6.45, 7) is 3.60.